The highest BCUT2D eigenvalue weighted by Gasteiger charge is 2.14. The predicted molar refractivity (Wildman–Crippen MR) is 68.9 cm³/mol. The molecule has 19 heavy (non-hydrogen) atoms. The Morgan fingerprint density at radius 1 is 1.26 bits per heavy atom. The Kier molecular flexibility index (Phi) is 3.88. The molecule has 0 saturated carbocycles. The fourth-order valence-corrected chi connectivity index (χ4v) is 1.85. The number of hydrogen-bond donors (Lipinski definition) is 0. The van der Waals surface area contributed by atoms with Gasteiger partial charge in [0, 0.05) is 23.5 Å². The Balaban J connectivity index is 2.62. The van der Waals surface area contributed by atoms with Gasteiger partial charge in [-0.1, -0.05) is 17.7 Å². The zero-order valence-corrected chi connectivity index (χ0v) is 10.3. The van der Waals surface area contributed by atoms with Crippen molar-refractivity contribution >= 4 is 22.2 Å². The van der Waals surface area contributed by atoms with Crippen LogP contribution in [0.4, 0.5) is 8.78 Å². The van der Waals surface area contributed by atoms with E-state index < -0.39 is 11.6 Å². The van der Waals surface area contributed by atoms with Gasteiger partial charge >= 0.3 is 0 Å². The van der Waals surface area contributed by atoms with Gasteiger partial charge in [-0.15, -0.1) is 0 Å². The lowest BCUT2D eigenvalue weighted by Crippen LogP contribution is -1.92. The first kappa shape index (κ1) is 13.2. The average molecular weight is 277 g/mol. The number of hydrogen-bond acceptors (Lipinski definition) is 2. The molecule has 0 saturated heterocycles. The molecule has 0 fully saturated rings. The second kappa shape index (κ2) is 5.59. The van der Waals surface area contributed by atoms with Crippen molar-refractivity contribution in [3.05, 3.63) is 65.5 Å². The van der Waals surface area contributed by atoms with E-state index in [-0.39, 0.29) is 16.2 Å². The number of nitriles is 1. The Morgan fingerprint density at radius 3 is 2.68 bits per heavy atom. The van der Waals surface area contributed by atoms with E-state index in [9.17, 15) is 8.78 Å². The van der Waals surface area contributed by atoms with E-state index in [2.05, 4.69) is 4.98 Å². The molecule has 2 nitrogen and oxygen atoms in total. The summed E-state index contributed by atoms with van der Waals surface area (Å²) in [5.74, 6) is -1.32. The topological polar surface area (TPSA) is 36.7 Å². The van der Waals surface area contributed by atoms with Gasteiger partial charge in [0.25, 0.3) is 0 Å². The Bertz CT molecular complexity index is 676. The molecule has 2 rings (SSSR count). The van der Waals surface area contributed by atoms with Crippen LogP contribution in [0, 0.1) is 23.0 Å². The van der Waals surface area contributed by atoms with Crippen LogP contribution in [-0.2, 0) is 0 Å². The number of aromatic nitrogens is 1. The molecular formula is C14H7ClF2N2. The summed E-state index contributed by atoms with van der Waals surface area (Å²) in [6.45, 7) is 0. The molecule has 0 unspecified atom stereocenters. The highest BCUT2D eigenvalue weighted by Crippen LogP contribution is 2.30. The maximum absolute atomic E-state index is 13.6. The third kappa shape index (κ3) is 2.78. The van der Waals surface area contributed by atoms with Crippen molar-refractivity contribution < 1.29 is 8.78 Å². The van der Waals surface area contributed by atoms with Crippen LogP contribution in [0.15, 0.2) is 42.7 Å². The molecular weight excluding hydrogens is 270 g/mol. The molecule has 0 atom stereocenters. The minimum Gasteiger partial charge on any atom is -0.264 e. The molecule has 0 spiro atoms. The summed E-state index contributed by atoms with van der Waals surface area (Å²) in [5, 5.41) is 8.99. The number of nitrogens with zero attached hydrogens (tertiary/aromatic N) is 2. The number of pyridine rings is 1. The van der Waals surface area contributed by atoms with Crippen LogP contribution in [-0.4, -0.2) is 4.98 Å². The molecule has 0 aliphatic heterocycles. The summed E-state index contributed by atoms with van der Waals surface area (Å²) in [6.07, 6.45) is 2.97. The summed E-state index contributed by atoms with van der Waals surface area (Å²) in [4.78, 5) is 3.86. The summed E-state index contributed by atoms with van der Waals surface area (Å²) in [5.41, 5.74) is 0.333. The molecule has 0 aliphatic rings. The van der Waals surface area contributed by atoms with Crippen molar-refractivity contribution in [3.8, 4) is 6.07 Å². The van der Waals surface area contributed by atoms with Crippen molar-refractivity contribution in [1.29, 1.82) is 5.26 Å². The highest BCUT2D eigenvalue weighted by atomic mass is 35.5. The van der Waals surface area contributed by atoms with Gasteiger partial charge in [-0.25, -0.2) is 8.78 Å². The van der Waals surface area contributed by atoms with Gasteiger partial charge in [0.15, 0.2) is 0 Å². The number of allylic oxidation sites excluding steroid dienone is 1. The van der Waals surface area contributed by atoms with Crippen molar-refractivity contribution in [2.75, 3.05) is 0 Å². The van der Waals surface area contributed by atoms with Crippen LogP contribution in [0.1, 0.15) is 11.1 Å². The third-order valence-electron chi connectivity index (χ3n) is 2.45. The van der Waals surface area contributed by atoms with Gasteiger partial charge in [0.2, 0.25) is 0 Å². The molecule has 5 heteroatoms. The molecule has 94 valence electrons. The maximum Gasteiger partial charge on any atom is 0.132 e. The van der Waals surface area contributed by atoms with E-state index in [1.54, 1.807) is 12.1 Å². The fourth-order valence-electron chi connectivity index (χ4n) is 1.55. The van der Waals surface area contributed by atoms with Gasteiger partial charge < -0.3 is 0 Å². The third-order valence-corrected chi connectivity index (χ3v) is 2.84. The number of halogens is 3. The lowest BCUT2D eigenvalue weighted by molar-refractivity contribution is 0.597. The summed E-state index contributed by atoms with van der Waals surface area (Å²) >= 11 is 6.01. The second-order valence-corrected chi connectivity index (χ2v) is 4.04. The first-order valence-corrected chi connectivity index (χ1v) is 5.67. The Hall–Kier alpha value is -2.25. The van der Waals surface area contributed by atoms with Crippen molar-refractivity contribution in [3.63, 3.8) is 0 Å². The van der Waals surface area contributed by atoms with Gasteiger partial charge in [0.1, 0.15) is 17.7 Å². The minimum atomic E-state index is -0.692. The zero-order chi connectivity index (χ0) is 13.8. The monoisotopic (exact) mass is 276 g/mol. The Labute approximate surface area is 113 Å². The predicted octanol–water partition coefficient (Wildman–Crippen LogP) is 3.99. The lowest BCUT2D eigenvalue weighted by atomic mass is 10.0. The maximum atomic E-state index is 13.6. The Morgan fingerprint density at radius 2 is 2.05 bits per heavy atom. The first-order valence-electron chi connectivity index (χ1n) is 5.29. The van der Waals surface area contributed by atoms with Gasteiger partial charge in [-0.3, -0.25) is 4.98 Å². The van der Waals surface area contributed by atoms with Crippen molar-refractivity contribution in [1.82, 2.24) is 4.98 Å². The molecule has 0 amide bonds. The normalized spacial score (nSPS) is 11.7. The fraction of sp³-hybridized carbons (Fsp3) is 0. The minimum absolute atomic E-state index is 0.0410. The zero-order valence-electron chi connectivity index (χ0n) is 9.57. The quantitative estimate of drug-likeness (QED) is 0.778. The molecule has 0 bridgehead atoms. The van der Waals surface area contributed by atoms with Crippen LogP contribution >= 0.6 is 11.6 Å². The van der Waals surface area contributed by atoms with Crippen LogP contribution < -0.4 is 0 Å². The van der Waals surface area contributed by atoms with Crippen LogP contribution in [0.3, 0.4) is 0 Å². The summed E-state index contributed by atoms with van der Waals surface area (Å²) in [6, 6.07) is 8.02. The number of benzene rings is 1. The lowest BCUT2D eigenvalue weighted by Gasteiger charge is -2.05. The highest BCUT2D eigenvalue weighted by molar-refractivity contribution is 6.53. The largest absolute Gasteiger partial charge is 0.264 e. The molecule has 1 aromatic heterocycles. The van der Waals surface area contributed by atoms with Gasteiger partial charge in [-0.2, -0.15) is 5.26 Å². The average Bonchev–Trinajstić information content (AvgIpc) is 2.43. The van der Waals surface area contributed by atoms with Crippen molar-refractivity contribution in [2.24, 2.45) is 0 Å². The van der Waals surface area contributed by atoms with E-state index in [0.717, 1.165) is 18.2 Å². The summed E-state index contributed by atoms with van der Waals surface area (Å²) < 4.78 is 26.8. The van der Waals surface area contributed by atoms with Crippen LogP contribution in [0.5, 0.6) is 0 Å². The standard InChI is InChI=1S/C14H7ClF2N2/c15-14(11-6-10(16)3-4-13(11)17)12(7-18)9-2-1-5-19-8-9/h1-6,8H/b14-12+. The van der Waals surface area contributed by atoms with E-state index in [1.165, 1.54) is 12.4 Å². The second-order valence-electron chi connectivity index (χ2n) is 3.67. The molecule has 2 aromatic rings. The van der Waals surface area contributed by atoms with Gasteiger partial charge in [0.05, 0.1) is 10.6 Å². The first-order chi connectivity index (χ1) is 9.13. The molecule has 0 N–H and O–H groups in total. The van der Waals surface area contributed by atoms with Crippen LogP contribution in [0.25, 0.3) is 10.6 Å². The van der Waals surface area contributed by atoms with Crippen molar-refractivity contribution in [2.45, 2.75) is 0 Å². The molecule has 1 heterocycles. The van der Waals surface area contributed by atoms with Crippen LogP contribution in [0.2, 0.25) is 0 Å². The van der Waals surface area contributed by atoms with E-state index in [0.29, 0.717) is 5.56 Å². The molecule has 1 aromatic carbocycles. The molecule has 0 aliphatic carbocycles. The van der Waals surface area contributed by atoms with E-state index >= 15 is 0 Å². The SMILES string of the molecule is N#C/C(=C(\Cl)c1cc(F)ccc1F)c1cccnc1. The van der Waals surface area contributed by atoms with Gasteiger partial charge in [-0.05, 0) is 24.3 Å². The smallest absolute Gasteiger partial charge is 0.132 e. The molecule has 0 radical (unpaired) electrons. The summed E-state index contributed by atoms with van der Waals surface area (Å²) in [7, 11) is 0. The van der Waals surface area contributed by atoms with E-state index in [1.807, 2.05) is 6.07 Å². The van der Waals surface area contributed by atoms with E-state index in [4.69, 9.17) is 16.9 Å². The number of rotatable bonds is 2.